The van der Waals surface area contributed by atoms with Crippen LogP contribution >= 0.6 is 33.2 Å². The molecule has 0 spiro atoms. The van der Waals surface area contributed by atoms with E-state index in [9.17, 15) is 0 Å². The molecule has 0 aliphatic carbocycles. The molecule has 102 valence electrons. The molecule has 0 aromatic heterocycles. The Kier molecular flexibility index (Phi) is 12.4. The minimum Gasteiger partial charge on any atom is -0.125 e. The van der Waals surface area contributed by atoms with E-state index in [4.69, 9.17) is 33.2 Å². The minimum absolute atomic E-state index is 0.365. The van der Waals surface area contributed by atoms with Gasteiger partial charge in [-0.05, 0) is 18.3 Å². The van der Waals surface area contributed by atoms with Gasteiger partial charge in [0.05, 0.1) is 0 Å². The molecular weight excluding hydrogens is 303 g/mol. The summed E-state index contributed by atoms with van der Waals surface area (Å²) < 4.78 is 0. The van der Waals surface area contributed by atoms with Gasteiger partial charge in [0.25, 0.3) is 0 Å². The molecule has 0 saturated carbocycles. The fourth-order valence-electron chi connectivity index (χ4n) is 1.47. The lowest BCUT2D eigenvalue weighted by molar-refractivity contribution is 0.594. The Hall–Kier alpha value is 0.207. The van der Waals surface area contributed by atoms with Crippen LogP contribution in [0.1, 0.15) is 58.3 Å². The highest BCUT2D eigenvalue weighted by molar-refractivity contribution is 7.64. The van der Waals surface area contributed by atoms with E-state index in [1.54, 1.807) is 0 Å². The average molecular weight is 324 g/mol. The maximum Gasteiger partial charge on any atom is 0.352 e. The second kappa shape index (κ2) is 12.3. The van der Waals surface area contributed by atoms with Crippen LogP contribution in [0.25, 0.3) is 0 Å². The van der Waals surface area contributed by atoms with Crippen molar-refractivity contribution in [1.29, 1.82) is 0 Å². The first kappa shape index (κ1) is 18.2. The van der Waals surface area contributed by atoms with Gasteiger partial charge in [-0.1, -0.05) is 57.3 Å². The highest BCUT2D eigenvalue weighted by Crippen LogP contribution is 2.23. The molecule has 0 unspecified atom stereocenters. The highest BCUT2D eigenvalue weighted by Gasteiger charge is 2.22. The van der Waals surface area contributed by atoms with Gasteiger partial charge in [0.15, 0.2) is 0 Å². The molecule has 0 aliphatic heterocycles. The quantitative estimate of drug-likeness (QED) is 0.229. The summed E-state index contributed by atoms with van der Waals surface area (Å²) >= 11 is 17.1. The van der Waals surface area contributed by atoms with Gasteiger partial charge in [-0.25, -0.2) is 0 Å². The van der Waals surface area contributed by atoms with Crippen LogP contribution < -0.4 is 0 Å². The smallest absolute Gasteiger partial charge is 0.125 e. The Morgan fingerprint density at radius 2 is 1.33 bits per heavy atom. The van der Waals surface area contributed by atoms with E-state index in [0.717, 1.165) is 6.42 Å². The summed E-state index contributed by atoms with van der Waals surface area (Å²) in [4.78, 5) is 0. The van der Waals surface area contributed by atoms with Gasteiger partial charge < -0.3 is 0 Å². The van der Waals surface area contributed by atoms with Gasteiger partial charge in [0, 0.05) is 12.5 Å². The van der Waals surface area contributed by atoms with Crippen LogP contribution in [-0.4, -0.2) is 6.00 Å². The monoisotopic (exact) mass is 322 g/mol. The molecule has 0 aromatic carbocycles. The van der Waals surface area contributed by atoms with Crippen LogP contribution in [0.2, 0.25) is 6.04 Å². The van der Waals surface area contributed by atoms with E-state index in [0.29, 0.717) is 6.04 Å². The van der Waals surface area contributed by atoms with E-state index < -0.39 is 6.00 Å². The second-order valence-electron chi connectivity index (χ2n) is 4.27. The lowest BCUT2D eigenvalue weighted by atomic mass is 10.1. The van der Waals surface area contributed by atoms with Crippen molar-refractivity contribution < 1.29 is 0 Å². The second-order valence-corrected chi connectivity index (χ2v) is 13.4. The van der Waals surface area contributed by atoms with Crippen LogP contribution in [-0.2, 0) is 0 Å². The zero-order valence-corrected chi connectivity index (χ0v) is 14.3. The lowest BCUT2D eigenvalue weighted by Gasteiger charge is -1.98. The Morgan fingerprint density at radius 1 is 0.778 bits per heavy atom. The Balaban J connectivity index is 3.39. The molecule has 0 fully saturated rings. The summed E-state index contributed by atoms with van der Waals surface area (Å²) in [5.74, 6) is 11.4. The number of hydrogen-bond donors (Lipinski definition) is 0. The zero-order chi connectivity index (χ0) is 13.7. The molecule has 0 rings (SSSR count). The first-order chi connectivity index (χ1) is 8.56. The molecule has 0 atom stereocenters. The van der Waals surface area contributed by atoms with Crippen LogP contribution in [0, 0.1) is 23.7 Å². The lowest BCUT2D eigenvalue weighted by Crippen LogP contribution is -2.05. The standard InChI is InChI=1S/C14H21Cl3Si/c1-2-3-4-5-6-7-8-9-10-11-12-13-14-18(15,16)17/h2-9,14H2,1H3. The molecule has 0 N–H and O–H groups in total. The number of unbranched alkanes of at least 4 members (excludes halogenated alkanes) is 7. The van der Waals surface area contributed by atoms with E-state index >= 15 is 0 Å². The fourth-order valence-corrected chi connectivity index (χ4v) is 2.36. The Morgan fingerprint density at radius 3 is 1.94 bits per heavy atom. The van der Waals surface area contributed by atoms with Gasteiger partial charge in [-0.2, -0.15) is 0 Å². The highest BCUT2D eigenvalue weighted by atomic mass is 35.8. The van der Waals surface area contributed by atoms with Crippen molar-refractivity contribution in [2.75, 3.05) is 0 Å². The van der Waals surface area contributed by atoms with Gasteiger partial charge in [-0.3, -0.25) is 0 Å². The average Bonchev–Trinajstić information content (AvgIpc) is 2.29. The Bertz CT molecular complexity index is 312. The first-order valence-corrected chi connectivity index (χ1v) is 11.8. The molecule has 4 heteroatoms. The molecule has 0 radical (unpaired) electrons. The van der Waals surface area contributed by atoms with Gasteiger partial charge in [-0.15, -0.1) is 33.2 Å². The predicted molar refractivity (Wildman–Crippen MR) is 86.3 cm³/mol. The summed E-state index contributed by atoms with van der Waals surface area (Å²) in [6.45, 7) is 2.24. The molecule has 0 heterocycles. The van der Waals surface area contributed by atoms with Crippen molar-refractivity contribution in [2.24, 2.45) is 0 Å². The third-order valence-electron chi connectivity index (χ3n) is 2.43. The van der Waals surface area contributed by atoms with Crippen molar-refractivity contribution >= 4 is 39.2 Å². The normalized spacial score (nSPS) is 10.2. The van der Waals surface area contributed by atoms with Crippen LogP contribution in [0.15, 0.2) is 0 Å². The summed E-state index contributed by atoms with van der Waals surface area (Å²) in [5.41, 5.74) is 0. The van der Waals surface area contributed by atoms with Crippen molar-refractivity contribution in [3.63, 3.8) is 0 Å². The van der Waals surface area contributed by atoms with E-state index in [-0.39, 0.29) is 0 Å². The third kappa shape index (κ3) is 16.2. The van der Waals surface area contributed by atoms with Crippen molar-refractivity contribution in [2.45, 2.75) is 64.3 Å². The molecule has 18 heavy (non-hydrogen) atoms. The van der Waals surface area contributed by atoms with Gasteiger partial charge in [0.2, 0.25) is 0 Å². The summed E-state index contributed by atoms with van der Waals surface area (Å²) in [7, 11) is 0. The maximum absolute atomic E-state index is 5.69. The van der Waals surface area contributed by atoms with Crippen molar-refractivity contribution in [3.8, 4) is 23.7 Å². The maximum atomic E-state index is 5.69. The largest absolute Gasteiger partial charge is 0.352 e. The van der Waals surface area contributed by atoms with Crippen molar-refractivity contribution in [1.82, 2.24) is 0 Å². The van der Waals surface area contributed by atoms with Gasteiger partial charge >= 0.3 is 6.00 Å². The predicted octanol–water partition coefficient (Wildman–Crippen LogP) is 5.79. The van der Waals surface area contributed by atoms with E-state index in [1.165, 1.54) is 44.9 Å². The van der Waals surface area contributed by atoms with Crippen LogP contribution in [0.4, 0.5) is 0 Å². The molecule has 0 saturated heterocycles. The summed E-state index contributed by atoms with van der Waals surface area (Å²) in [5, 5.41) is 0. The first-order valence-electron chi connectivity index (χ1n) is 6.58. The minimum atomic E-state index is -2.58. The van der Waals surface area contributed by atoms with E-state index in [1.807, 2.05) is 0 Å². The molecular formula is C14H21Cl3Si. The zero-order valence-electron chi connectivity index (χ0n) is 11.0. The number of rotatable bonds is 8. The number of halogens is 3. The summed E-state index contributed by atoms with van der Waals surface area (Å²) in [6.07, 6.45) is 10.1. The summed E-state index contributed by atoms with van der Waals surface area (Å²) in [6, 6.07) is -2.21. The number of hydrogen-bond acceptors (Lipinski definition) is 0. The topological polar surface area (TPSA) is 0 Å². The van der Waals surface area contributed by atoms with Crippen molar-refractivity contribution in [3.05, 3.63) is 0 Å². The molecule has 0 aromatic rings. The Labute approximate surface area is 127 Å². The van der Waals surface area contributed by atoms with Crippen LogP contribution in [0.3, 0.4) is 0 Å². The SMILES string of the molecule is CCCCCCCCCC#CC#CC[Si](Cl)(Cl)Cl. The molecule has 0 aliphatic rings. The third-order valence-corrected chi connectivity index (χ3v) is 4.21. The van der Waals surface area contributed by atoms with E-state index in [2.05, 4.69) is 30.6 Å². The fraction of sp³-hybridized carbons (Fsp3) is 0.714. The molecule has 0 bridgehead atoms. The van der Waals surface area contributed by atoms with Crippen LogP contribution in [0.5, 0.6) is 0 Å². The molecule has 0 nitrogen and oxygen atoms in total. The molecule has 0 amide bonds. The van der Waals surface area contributed by atoms with Gasteiger partial charge in [0.1, 0.15) is 0 Å².